The van der Waals surface area contributed by atoms with Gasteiger partial charge in [-0.15, -0.1) is 12.4 Å². The summed E-state index contributed by atoms with van der Waals surface area (Å²) < 4.78 is 26.3. The van der Waals surface area contributed by atoms with Crippen molar-refractivity contribution in [2.24, 2.45) is 5.73 Å². The summed E-state index contributed by atoms with van der Waals surface area (Å²) in [6.07, 6.45) is 3.34. The van der Waals surface area contributed by atoms with E-state index in [4.69, 9.17) is 5.73 Å². The van der Waals surface area contributed by atoms with Gasteiger partial charge in [-0.05, 0) is 37.8 Å². The van der Waals surface area contributed by atoms with Gasteiger partial charge in [0.05, 0.1) is 5.56 Å². The number of carbonyl (C=O) groups is 2. The number of halogens is 3. The zero-order chi connectivity index (χ0) is 16.1. The fourth-order valence-corrected chi connectivity index (χ4v) is 2.64. The minimum Gasteiger partial charge on any atom is -0.353 e. The molecule has 1 amide bonds. The first-order valence-corrected chi connectivity index (χ1v) is 7.49. The molecule has 0 heterocycles. The summed E-state index contributed by atoms with van der Waals surface area (Å²) in [5, 5.41) is 2.87. The summed E-state index contributed by atoms with van der Waals surface area (Å²) in [6, 6.07) is 3.11. The molecule has 0 aromatic heterocycles. The van der Waals surface area contributed by atoms with Gasteiger partial charge in [0, 0.05) is 31.0 Å². The minimum absolute atomic E-state index is 0. The van der Waals surface area contributed by atoms with Gasteiger partial charge >= 0.3 is 0 Å². The molecular formula is C16H21ClF2N2O2. The summed E-state index contributed by atoms with van der Waals surface area (Å²) in [4.78, 5) is 23.7. The second-order valence-corrected chi connectivity index (χ2v) is 5.73. The molecule has 7 heteroatoms. The van der Waals surface area contributed by atoms with Crippen LogP contribution in [0.15, 0.2) is 18.2 Å². The van der Waals surface area contributed by atoms with Crippen LogP contribution in [0, 0.1) is 11.6 Å². The van der Waals surface area contributed by atoms with Crippen LogP contribution >= 0.6 is 12.4 Å². The number of hydrogen-bond donors (Lipinski definition) is 2. The molecular weight excluding hydrogens is 326 g/mol. The normalized spacial score (nSPS) is 20.5. The van der Waals surface area contributed by atoms with Crippen molar-refractivity contribution in [2.45, 2.75) is 50.6 Å². The number of carbonyl (C=O) groups excluding carboxylic acids is 2. The lowest BCUT2D eigenvalue weighted by Gasteiger charge is -2.26. The minimum atomic E-state index is -0.897. The molecule has 2 rings (SSSR count). The smallest absolute Gasteiger partial charge is 0.220 e. The van der Waals surface area contributed by atoms with Gasteiger partial charge < -0.3 is 11.1 Å². The number of Topliss-reactive ketones (excluding diaryl/α,β-unsaturated/α-hetero) is 1. The van der Waals surface area contributed by atoms with E-state index in [2.05, 4.69) is 5.32 Å². The van der Waals surface area contributed by atoms with Crippen molar-refractivity contribution < 1.29 is 18.4 Å². The zero-order valence-electron chi connectivity index (χ0n) is 12.7. The van der Waals surface area contributed by atoms with E-state index in [0.29, 0.717) is 6.07 Å². The predicted octanol–water partition coefficient (Wildman–Crippen LogP) is 2.74. The van der Waals surface area contributed by atoms with Crippen LogP contribution in [0.4, 0.5) is 8.78 Å². The highest BCUT2D eigenvalue weighted by Gasteiger charge is 2.20. The van der Waals surface area contributed by atoms with E-state index >= 15 is 0 Å². The number of amides is 1. The molecule has 23 heavy (non-hydrogen) atoms. The highest BCUT2D eigenvalue weighted by molar-refractivity contribution is 5.98. The quantitative estimate of drug-likeness (QED) is 0.805. The topological polar surface area (TPSA) is 72.2 Å². The van der Waals surface area contributed by atoms with Gasteiger partial charge in [0.15, 0.2) is 5.78 Å². The third-order valence-electron chi connectivity index (χ3n) is 3.95. The van der Waals surface area contributed by atoms with Crippen LogP contribution in [0.5, 0.6) is 0 Å². The van der Waals surface area contributed by atoms with E-state index in [1.54, 1.807) is 0 Å². The first-order valence-electron chi connectivity index (χ1n) is 7.49. The standard InChI is InChI=1S/C16H20F2N2O2.ClH/c17-10-1-6-13(14(18)9-10)15(21)7-8-16(22)20-12-4-2-11(19)3-5-12;/h1,6,9,11-12H,2-5,7-8,19H2,(H,20,22);1H. The van der Waals surface area contributed by atoms with Gasteiger partial charge in [-0.1, -0.05) is 0 Å². The Morgan fingerprint density at radius 2 is 1.78 bits per heavy atom. The highest BCUT2D eigenvalue weighted by Crippen LogP contribution is 2.17. The van der Waals surface area contributed by atoms with Crippen molar-refractivity contribution in [2.75, 3.05) is 0 Å². The van der Waals surface area contributed by atoms with Crippen molar-refractivity contribution >= 4 is 24.1 Å². The SMILES string of the molecule is Cl.NC1CCC(NC(=O)CCC(=O)c2ccc(F)cc2F)CC1. The average molecular weight is 347 g/mol. The third kappa shape index (κ3) is 5.88. The molecule has 0 atom stereocenters. The maximum Gasteiger partial charge on any atom is 0.220 e. The van der Waals surface area contributed by atoms with Gasteiger partial charge in [-0.2, -0.15) is 0 Å². The van der Waals surface area contributed by atoms with E-state index in [1.165, 1.54) is 0 Å². The Morgan fingerprint density at radius 3 is 2.39 bits per heavy atom. The van der Waals surface area contributed by atoms with Crippen molar-refractivity contribution in [3.63, 3.8) is 0 Å². The molecule has 0 unspecified atom stereocenters. The van der Waals surface area contributed by atoms with Gasteiger partial charge in [0.25, 0.3) is 0 Å². The highest BCUT2D eigenvalue weighted by atomic mass is 35.5. The van der Waals surface area contributed by atoms with Gasteiger partial charge in [0.1, 0.15) is 11.6 Å². The lowest BCUT2D eigenvalue weighted by molar-refractivity contribution is -0.122. The second-order valence-electron chi connectivity index (χ2n) is 5.73. The molecule has 0 bridgehead atoms. The van der Waals surface area contributed by atoms with Crippen LogP contribution in [-0.2, 0) is 4.79 Å². The Hall–Kier alpha value is -1.53. The average Bonchev–Trinajstić information content (AvgIpc) is 2.47. The first kappa shape index (κ1) is 19.5. The van der Waals surface area contributed by atoms with Gasteiger partial charge in [-0.3, -0.25) is 9.59 Å². The van der Waals surface area contributed by atoms with E-state index < -0.39 is 17.4 Å². The number of rotatable bonds is 5. The molecule has 0 radical (unpaired) electrons. The van der Waals surface area contributed by atoms with Crippen LogP contribution in [0.3, 0.4) is 0 Å². The molecule has 128 valence electrons. The van der Waals surface area contributed by atoms with Gasteiger partial charge in [-0.25, -0.2) is 8.78 Å². The molecule has 1 aliphatic carbocycles. The molecule has 1 saturated carbocycles. The fourth-order valence-electron chi connectivity index (χ4n) is 2.64. The molecule has 1 fully saturated rings. The van der Waals surface area contributed by atoms with Crippen LogP contribution in [-0.4, -0.2) is 23.8 Å². The third-order valence-corrected chi connectivity index (χ3v) is 3.95. The zero-order valence-corrected chi connectivity index (χ0v) is 13.5. The molecule has 0 saturated heterocycles. The second kappa shape index (κ2) is 8.93. The summed E-state index contributed by atoms with van der Waals surface area (Å²) in [6.45, 7) is 0. The number of nitrogens with two attached hydrogens (primary N) is 1. The molecule has 4 nitrogen and oxygen atoms in total. The lowest BCUT2D eigenvalue weighted by atomic mass is 9.91. The van der Waals surface area contributed by atoms with Gasteiger partial charge in [0.2, 0.25) is 5.91 Å². The number of hydrogen-bond acceptors (Lipinski definition) is 3. The summed E-state index contributed by atoms with van der Waals surface area (Å²) >= 11 is 0. The molecule has 0 spiro atoms. The van der Waals surface area contributed by atoms with Crippen molar-refractivity contribution in [3.8, 4) is 0 Å². The Morgan fingerprint density at radius 1 is 1.13 bits per heavy atom. The van der Waals surface area contributed by atoms with E-state index in [1.807, 2.05) is 0 Å². The Balaban J connectivity index is 0.00000264. The number of nitrogens with one attached hydrogen (secondary N) is 1. The summed E-state index contributed by atoms with van der Waals surface area (Å²) in [5.74, 6) is -2.36. The Kier molecular flexibility index (Phi) is 7.58. The predicted molar refractivity (Wildman–Crippen MR) is 85.5 cm³/mol. The lowest BCUT2D eigenvalue weighted by Crippen LogP contribution is -2.40. The maximum atomic E-state index is 13.5. The van der Waals surface area contributed by atoms with Crippen LogP contribution < -0.4 is 11.1 Å². The fraction of sp³-hybridized carbons (Fsp3) is 0.500. The number of ketones is 1. The summed E-state index contributed by atoms with van der Waals surface area (Å²) in [7, 11) is 0. The Bertz CT molecular complexity index is 561. The first-order chi connectivity index (χ1) is 10.5. The van der Waals surface area contributed by atoms with Crippen molar-refractivity contribution in [3.05, 3.63) is 35.4 Å². The van der Waals surface area contributed by atoms with Crippen molar-refractivity contribution in [1.82, 2.24) is 5.32 Å². The van der Waals surface area contributed by atoms with Crippen LogP contribution in [0.1, 0.15) is 48.9 Å². The monoisotopic (exact) mass is 346 g/mol. The molecule has 1 aliphatic rings. The molecule has 3 N–H and O–H groups in total. The van der Waals surface area contributed by atoms with Crippen LogP contribution in [0.25, 0.3) is 0 Å². The van der Waals surface area contributed by atoms with E-state index in [-0.39, 0.29) is 48.8 Å². The molecule has 0 aliphatic heterocycles. The van der Waals surface area contributed by atoms with E-state index in [9.17, 15) is 18.4 Å². The number of benzene rings is 1. The Labute approximate surface area is 140 Å². The van der Waals surface area contributed by atoms with Crippen molar-refractivity contribution in [1.29, 1.82) is 0 Å². The largest absolute Gasteiger partial charge is 0.353 e. The maximum absolute atomic E-state index is 13.5. The summed E-state index contributed by atoms with van der Waals surface area (Å²) in [5.41, 5.74) is 5.61. The molecule has 1 aromatic rings. The molecule has 1 aromatic carbocycles. The van der Waals surface area contributed by atoms with E-state index in [0.717, 1.165) is 37.8 Å². The van der Waals surface area contributed by atoms with Crippen LogP contribution in [0.2, 0.25) is 0 Å².